The van der Waals surface area contributed by atoms with Gasteiger partial charge in [-0.2, -0.15) is 0 Å². The largest absolute Gasteiger partial charge is 0.382 e. The van der Waals surface area contributed by atoms with E-state index in [0.717, 1.165) is 31.6 Å². The molecule has 0 atom stereocenters. The lowest BCUT2D eigenvalue weighted by atomic mass is 10.2. The number of benzene rings is 1. The van der Waals surface area contributed by atoms with Crippen LogP contribution in [0.15, 0.2) is 23.2 Å². The molecular weight excluding hydrogens is 335 g/mol. The van der Waals surface area contributed by atoms with Gasteiger partial charge in [0.15, 0.2) is 5.96 Å². The number of nitrogens with one attached hydrogen (secondary N) is 2. The summed E-state index contributed by atoms with van der Waals surface area (Å²) in [6, 6.07) is 5.37. The van der Waals surface area contributed by atoms with Crippen molar-refractivity contribution in [1.29, 1.82) is 0 Å². The summed E-state index contributed by atoms with van der Waals surface area (Å²) >= 11 is 0. The van der Waals surface area contributed by atoms with E-state index in [1.165, 1.54) is 0 Å². The highest BCUT2D eigenvalue weighted by Crippen LogP contribution is 2.20. The Bertz CT molecular complexity index is 536. The quantitative estimate of drug-likeness (QED) is 0.337. The van der Waals surface area contributed by atoms with Crippen LogP contribution >= 0.6 is 0 Å². The number of anilines is 1. The summed E-state index contributed by atoms with van der Waals surface area (Å²) in [5.41, 5.74) is 1.53. The van der Waals surface area contributed by atoms with Crippen molar-refractivity contribution in [2.45, 2.75) is 26.8 Å². The average Bonchev–Trinajstić information content (AvgIpc) is 2.65. The Morgan fingerprint density at radius 3 is 2.54 bits per heavy atom. The molecule has 1 aromatic carbocycles. The molecule has 0 fully saturated rings. The molecule has 0 unspecified atom stereocenters. The minimum atomic E-state index is -0.191. The normalized spacial score (nSPS) is 11.5. The van der Waals surface area contributed by atoms with Crippen molar-refractivity contribution >= 4 is 11.6 Å². The summed E-state index contributed by atoms with van der Waals surface area (Å²) in [6.07, 6.45) is 0.873. The first-order valence-corrected chi connectivity index (χ1v) is 9.20. The van der Waals surface area contributed by atoms with Gasteiger partial charge in [0, 0.05) is 46.9 Å². The third-order valence-electron chi connectivity index (χ3n) is 3.99. The van der Waals surface area contributed by atoms with Crippen LogP contribution in [0.5, 0.6) is 0 Å². The lowest BCUT2D eigenvalue weighted by Crippen LogP contribution is -2.37. The van der Waals surface area contributed by atoms with Gasteiger partial charge in [-0.25, -0.2) is 4.39 Å². The van der Waals surface area contributed by atoms with Gasteiger partial charge in [-0.1, -0.05) is 6.07 Å². The second-order valence-electron chi connectivity index (χ2n) is 5.77. The molecule has 0 aromatic heterocycles. The average molecular weight is 368 g/mol. The van der Waals surface area contributed by atoms with Crippen molar-refractivity contribution in [3.05, 3.63) is 29.6 Å². The Labute approximate surface area is 156 Å². The minimum Gasteiger partial charge on any atom is -0.382 e. The Hall–Kier alpha value is -1.86. The van der Waals surface area contributed by atoms with Crippen LogP contribution in [0.3, 0.4) is 0 Å². The summed E-state index contributed by atoms with van der Waals surface area (Å²) in [4.78, 5) is 6.18. The fraction of sp³-hybridized carbons (Fsp3) is 0.632. The molecule has 6 nitrogen and oxygen atoms in total. The van der Waals surface area contributed by atoms with E-state index >= 15 is 0 Å². The van der Waals surface area contributed by atoms with Crippen LogP contribution in [0.2, 0.25) is 0 Å². The number of hydrogen-bond acceptors (Lipinski definition) is 4. The first-order valence-electron chi connectivity index (χ1n) is 9.20. The van der Waals surface area contributed by atoms with Crippen LogP contribution in [0.25, 0.3) is 0 Å². The fourth-order valence-electron chi connectivity index (χ4n) is 2.51. The summed E-state index contributed by atoms with van der Waals surface area (Å²) in [5.74, 6) is 0.499. The van der Waals surface area contributed by atoms with E-state index in [1.54, 1.807) is 20.2 Å². The first-order chi connectivity index (χ1) is 12.7. The second kappa shape index (κ2) is 13.4. The van der Waals surface area contributed by atoms with Gasteiger partial charge in [-0.05, 0) is 38.0 Å². The highest BCUT2D eigenvalue weighted by molar-refractivity contribution is 5.79. The molecule has 0 spiro atoms. The standard InChI is InChI=1S/C19H33FN4O2/c1-5-24(6-2)18-9-8-16(14-17(18)20)15-23-19(21-3)22-10-7-11-26-13-12-25-4/h8-9,14H,5-7,10-13,15H2,1-4H3,(H2,21,22,23). The van der Waals surface area contributed by atoms with E-state index in [0.29, 0.717) is 38.0 Å². The molecular formula is C19H33FN4O2. The molecule has 148 valence electrons. The lowest BCUT2D eigenvalue weighted by molar-refractivity contribution is 0.0698. The van der Waals surface area contributed by atoms with Gasteiger partial charge in [0.1, 0.15) is 5.82 Å². The highest BCUT2D eigenvalue weighted by atomic mass is 19.1. The Morgan fingerprint density at radius 1 is 1.15 bits per heavy atom. The number of ether oxygens (including phenoxy) is 2. The molecule has 7 heteroatoms. The van der Waals surface area contributed by atoms with Crippen molar-refractivity contribution in [2.75, 3.05) is 58.5 Å². The minimum absolute atomic E-state index is 0.191. The fourth-order valence-corrected chi connectivity index (χ4v) is 2.51. The third-order valence-corrected chi connectivity index (χ3v) is 3.99. The highest BCUT2D eigenvalue weighted by Gasteiger charge is 2.09. The first kappa shape index (κ1) is 22.2. The Balaban J connectivity index is 2.38. The van der Waals surface area contributed by atoms with Gasteiger partial charge < -0.3 is 25.0 Å². The molecule has 0 heterocycles. The smallest absolute Gasteiger partial charge is 0.191 e. The maximum absolute atomic E-state index is 14.3. The molecule has 0 aliphatic rings. The summed E-state index contributed by atoms with van der Waals surface area (Å²) in [5, 5.41) is 6.42. The molecule has 0 aliphatic heterocycles. The SMILES string of the molecule is CCN(CC)c1ccc(CNC(=NC)NCCCOCCOC)cc1F. The Kier molecular flexibility index (Phi) is 11.4. The number of nitrogens with zero attached hydrogens (tertiary/aromatic N) is 2. The van der Waals surface area contributed by atoms with Crippen molar-refractivity contribution in [1.82, 2.24) is 10.6 Å². The number of guanidine groups is 1. The number of methoxy groups -OCH3 is 1. The van der Waals surface area contributed by atoms with E-state index in [9.17, 15) is 4.39 Å². The van der Waals surface area contributed by atoms with Gasteiger partial charge in [-0.3, -0.25) is 4.99 Å². The molecule has 2 N–H and O–H groups in total. The van der Waals surface area contributed by atoms with Crippen LogP contribution in [-0.2, 0) is 16.0 Å². The number of hydrogen-bond donors (Lipinski definition) is 2. The van der Waals surface area contributed by atoms with Gasteiger partial charge in [0.05, 0.1) is 18.9 Å². The maximum atomic E-state index is 14.3. The van der Waals surface area contributed by atoms with Crippen molar-refractivity contribution < 1.29 is 13.9 Å². The molecule has 1 rings (SSSR count). The maximum Gasteiger partial charge on any atom is 0.191 e. The molecule has 0 aliphatic carbocycles. The number of halogens is 1. The van der Waals surface area contributed by atoms with E-state index in [2.05, 4.69) is 15.6 Å². The summed E-state index contributed by atoms with van der Waals surface area (Å²) < 4.78 is 24.6. The summed E-state index contributed by atoms with van der Waals surface area (Å²) in [6.45, 7) is 8.78. The van der Waals surface area contributed by atoms with Crippen LogP contribution in [0, 0.1) is 5.82 Å². The van der Waals surface area contributed by atoms with Gasteiger partial charge in [0.25, 0.3) is 0 Å². The predicted octanol–water partition coefficient (Wildman–Crippen LogP) is 2.39. The van der Waals surface area contributed by atoms with Gasteiger partial charge in [0.2, 0.25) is 0 Å². The van der Waals surface area contributed by atoms with E-state index < -0.39 is 0 Å². The molecule has 26 heavy (non-hydrogen) atoms. The molecule has 0 radical (unpaired) electrons. The van der Waals surface area contributed by atoms with Crippen molar-refractivity contribution in [3.8, 4) is 0 Å². The van der Waals surface area contributed by atoms with Gasteiger partial charge in [-0.15, -0.1) is 0 Å². The van der Waals surface area contributed by atoms with Gasteiger partial charge >= 0.3 is 0 Å². The van der Waals surface area contributed by atoms with E-state index in [-0.39, 0.29) is 5.82 Å². The number of aliphatic imine (C=N–C) groups is 1. The summed E-state index contributed by atoms with van der Waals surface area (Å²) in [7, 11) is 3.37. The van der Waals surface area contributed by atoms with Crippen LogP contribution < -0.4 is 15.5 Å². The van der Waals surface area contributed by atoms with E-state index in [1.807, 2.05) is 30.9 Å². The molecule has 1 aromatic rings. The van der Waals surface area contributed by atoms with Crippen LogP contribution in [-0.4, -0.2) is 59.6 Å². The zero-order valence-electron chi connectivity index (χ0n) is 16.5. The second-order valence-corrected chi connectivity index (χ2v) is 5.77. The molecule has 0 bridgehead atoms. The lowest BCUT2D eigenvalue weighted by Gasteiger charge is -2.22. The molecule has 0 saturated heterocycles. The zero-order chi connectivity index (χ0) is 19.2. The third kappa shape index (κ3) is 8.01. The predicted molar refractivity (Wildman–Crippen MR) is 105 cm³/mol. The van der Waals surface area contributed by atoms with E-state index in [4.69, 9.17) is 9.47 Å². The van der Waals surface area contributed by atoms with Crippen molar-refractivity contribution in [2.24, 2.45) is 4.99 Å². The molecule has 0 saturated carbocycles. The monoisotopic (exact) mass is 368 g/mol. The topological polar surface area (TPSA) is 58.1 Å². The zero-order valence-corrected chi connectivity index (χ0v) is 16.5. The van der Waals surface area contributed by atoms with Crippen LogP contribution in [0.4, 0.5) is 10.1 Å². The Morgan fingerprint density at radius 2 is 1.92 bits per heavy atom. The van der Waals surface area contributed by atoms with Crippen LogP contribution in [0.1, 0.15) is 25.8 Å². The van der Waals surface area contributed by atoms with Crippen molar-refractivity contribution in [3.63, 3.8) is 0 Å². The number of rotatable bonds is 12. The molecule has 0 amide bonds.